The second-order valence-corrected chi connectivity index (χ2v) is 12.4. The number of nitrogens with one attached hydrogen (secondary N) is 2. The van der Waals surface area contributed by atoms with E-state index in [1.54, 1.807) is 17.9 Å². The monoisotopic (exact) mass is 631 g/mol. The lowest BCUT2D eigenvalue weighted by Gasteiger charge is -2.35. The summed E-state index contributed by atoms with van der Waals surface area (Å²) in [5, 5.41) is 12.0. The van der Waals surface area contributed by atoms with Crippen molar-refractivity contribution in [2.75, 3.05) is 45.2 Å². The Labute approximate surface area is 261 Å². The van der Waals surface area contributed by atoms with E-state index in [9.17, 15) is 28.0 Å². The molecular formula is C31H43F2N7O5. The number of primary amides is 1. The summed E-state index contributed by atoms with van der Waals surface area (Å²) >= 11 is 0. The number of halogens is 2. The lowest BCUT2D eigenvalue weighted by Crippen LogP contribution is -2.55. The Balaban J connectivity index is 0.000000440. The molecular weight excluding hydrogens is 588 g/mol. The Kier molecular flexibility index (Phi) is 11.6. The van der Waals surface area contributed by atoms with Crippen molar-refractivity contribution in [3.8, 4) is 0 Å². The summed E-state index contributed by atoms with van der Waals surface area (Å²) in [6.07, 6.45) is 5.25. The fraction of sp³-hybridized carbons (Fsp3) is 0.613. The lowest BCUT2D eigenvalue weighted by atomic mass is 9.94. The number of carbonyl (C=O) groups is 4. The third-order valence-electron chi connectivity index (χ3n) is 8.62. The number of piperazine rings is 1. The molecule has 1 aliphatic heterocycles. The number of nitrogens with zero attached hydrogens (tertiary/aromatic N) is 4. The third kappa shape index (κ3) is 9.77. The number of likely N-dealkylation sites (N-methyl/N-ethyl adjacent to an activating group) is 1. The van der Waals surface area contributed by atoms with E-state index < -0.39 is 36.3 Å². The van der Waals surface area contributed by atoms with Crippen molar-refractivity contribution in [2.45, 2.75) is 58.4 Å². The van der Waals surface area contributed by atoms with Gasteiger partial charge >= 0.3 is 0 Å². The van der Waals surface area contributed by atoms with Gasteiger partial charge in [0.25, 0.3) is 5.91 Å². The van der Waals surface area contributed by atoms with E-state index in [-0.39, 0.29) is 29.6 Å². The maximum absolute atomic E-state index is 14.9. The molecule has 12 nitrogen and oxygen atoms in total. The summed E-state index contributed by atoms with van der Waals surface area (Å²) in [5.74, 6) is -1.36. The summed E-state index contributed by atoms with van der Waals surface area (Å²) in [4.78, 5) is 52.4. The largest absolute Gasteiger partial charge is 0.364 e. The Bertz CT molecular complexity index is 1340. The molecule has 3 aliphatic rings. The third-order valence-corrected chi connectivity index (χ3v) is 8.62. The molecule has 14 heteroatoms. The Morgan fingerprint density at radius 1 is 1.07 bits per heavy atom. The van der Waals surface area contributed by atoms with E-state index in [0.29, 0.717) is 48.5 Å². The minimum atomic E-state index is -0.924. The molecule has 45 heavy (non-hydrogen) atoms. The zero-order valence-corrected chi connectivity index (χ0v) is 26.1. The molecule has 2 unspecified atom stereocenters. The van der Waals surface area contributed by atoms with E-state index in [4.69, 9.17) is 5.73 Å². The van der Waals surface area contributed by atoms with Gasteiger partial charge in [-0.15, -0.1) is 0 Å². The predicted molar refractivity (Wildman–Crippen MR) is 161 cm³/mol. The number of rotatable bonds is 12. The van der Waals surface area contributed by atoms with Gasteiger partial charge in [0.2, 0.25) is 17.7 Å². The van der Waals surface area contributed by atoms with Crippen molar-refractivity contribution in [1.29, 1.82) is 0 Å². The molecule has 246 valence electrons. The maximum atomic E-state index is 14.9. The standard InChI is InChI=1S/C27H38F2N4O3.C4H5N3O2/c1-17(16-28)26(35)31-24(27(36)33-11-9-32(2)10-12-33)14-18-3-8-23(22(29)13-18)30-25(34)15-21(19-4-5-19)20-6-7-20;1-2-3(4(5)8)7-9-6-2/h3,8,13,17,19-21,24H,4-7,9-12,14-16H2,1-2H3,(H,30,34)(H,31,35);1H3,(H2,5,8). The normalized spacial score (nSPS) is 18.0. The first kappa shape index (κ1) is 33.9. The number of hydrogen-bond acceptors (Lipinski definition) is 8. The van der Waals surface area contributed by atoms with Gasteiger partial charge in [0, 0.05) is 39.0 Å². The van der Waals surface area contributed by atoms with Crippen LogP contribution < -0.4 is 16.4 Å². The summed E-state index contributed by atoms with van der Waals surface area (Å²) in [6, 6.07) is 3.54. The number of hydrogen-bond donors (Lipinski definition) is 3. The number of aryl methyl sites for hydroxylation is 1. The summed E-state index contributed by atoms with van der Waals surface area (Å²) in [7, 11) is 1.98. The second-order valence-electron chi connectivity index (χ2n) is 12.4. The average Bonchev–Trinajstić information content (AvgIpc) is 3.95. The van der Waals surface area contributed by atoms with Crippen LogP contribution in [0.25, 0.3) is 0 Å². The van der Waals surface area contributed by atoms with E-state index in [0.717, 1.165) is 13.1 Å². The quantitative estimate of drug-likeness (QED) is 0.322. The SMILES string of the molecule is CC(CF)C(=O)NC(Cc1ccc(NC(=O)CC(C2CC2)C2CC2)c(F)c1)C(=O)N1CCN(C)CC1.Cc1nonc1C(N)=O. The molecule has 0 radical (unpaired) electrons. The summed E-state index contributed by atoms with van der Waals surface area (Å²) in [5.41, 5.74) is 6.00. The molecule has 2 saturated carbocycles. The predicted octanol–water partition coefficient (Wildman–Crippen LogP) is 2.47. The number of benzene rings is 1. The summed E-state index contributed by atoms with van der Waals surface area (Å²) < 4.78 is 32.2. The van der Waals surface area contributed by atoms with E-state index in [2.05, 4.69) is 30.5 Å². The van der Waals surface area contributed by atoms with Crippen molar-refractivity contribution in [3.63, 3.8) is 0 Å². The molecule has 0 bridgehead atoms. The molecule has 2 heterocycles. The molecule has 2 aliphatic carbocycles. The van der Waals surface area contributed by atoms with Crippen molar-refractivity contribution in [2.24, 2.45) is 29.4 Å². The van der Waals surface area contributed by atoms with Crippen LogP contribution in [0.2, 0.25) is 0 Å². The molecule has 5 rings (SSSR count). The van der Waals surface area contributed by atoms with Crippen LogP contribution in [0.3, 0.4) is 0 Å². The van der Waals surface area contributed by atoms with Gasteiger partial charge in [0.15, 0.2) is 5.69 Å². The van der Waals surface area contributed by atoms with Crippen molar-refractivity contribution in [3.05, 3.63) is 41.0 Å². The first-order chi connectivity index (χ1) is 21.5. The average molecular weight is 632 g/mol. The zero-order chi connectivity index (χ0) is 32.7. The highest BCUT2D eigenvalue weighted by molar-refractivity contribution is 5.92. The summed E-state index contributed by atoms with van der Waals surface area (Å²) in [6.45, 7) is 4.73. The molecule has 1 aromatic heterocycles. The fourth-order valence-corrected chi connectivity index (χ4v) is 5.49. The minimum Gasteiger partial charge on any atom is -0.364 e. The van der Waals surface area contributed by atoms with Crippen LogP contribution in [-0.2, 0) is 20.8 Å². The van der Waals surface area contributed by atoms with Crippen LogP contribution in [0.1, 0.15) is 60.8 Å². The number of alkyl halides is 1. The van der Waals surface area contributed by atoms with Crippen LogP contribution in [0.4, 0.5) is 14.5 Å². The van der Waals surface area contributed by atoms with Gasteiger partial charge in [-0.1, -0.05) is 18.1 Å². The molecule has 4 N–H and O–H groups in total. The molecule has 2 aromatic rings. The minimum absolute atomic E-state index is 0.0759. The highest BCUT2D eigenvalue weighted by Gasteiger charge is 2.42. The molecule has 1 saturated heterocycles. The van der Waals surface area contributed by atoms with Crippen LogP contribution in [0.5, 0.6) is 0 Å². The first-order valence-corrected chi connectivity index (χ1v) is 15.5. The second kappa shape index (κ2) is 15.4. The molecule has 2 atom stereocenters. The van der Waals surface area contributed by atoms with Crippen molar-refractivity contribution < 1.29 is 32.6 Å². The van der Waals surface area contributed by atoms with Crippen LogP contribution in [0.15, 0.2) is 22.8 Å². The van der Waals surface area contributed by atoms with E-state index in [1.165, 1.54) is 44.7 Å². The first-order valence-electron chi connectivity index (χ1n) is 15.5. The van der Waals surface area contributed by atoms with Crippen LogP contribution in [-0.4, -0.2) is 89.7 Å². The number of nitrogens with two attached hydrogens (primary N) is 1. The van der Waals surface area contributed by atoms with Crippen LogP contribution in [0, 0.1) is 36.4 Å². The van der Waals surface area contributed by atoms with E-state index >= 15 is 0 Å². The zero-order valence-electron chi connectivity index (χ0n) is 26.1. The van der Waals surface area contributed by atoms with Crippen molar-refractivity contribution >= 4 is 29.3 Å². The van der Waals surface area contributed by atoms with Crippen LogP contribution >= 0.6 is 0 Å². The molecule has 4 amide bonds. The van der Waals surface area contributed by atoms with Crippen molar-refractivity contribution in [1.82, 2.24) is 25.4 Å². The molecule has 0 spiro atoms. The smallest absolute Gasteiger partial charge is 0.272 e. The van der Waals surface area contributed by atoms with Gasteiger partial charge in [0.05, 0.1) is 11.6 Å². The Hall–Kier alpha value is -3.94. The number of aromatic nitrogens is 2. The topological polar surface area (TPSA) is 164 Å². The van der Waals surface area contributed by atoms with Gasteiger partial charge in [-0.25, -0.2) is 9.02 Å². The lowest BCUT2D eigenvalue weighted by molar-refractivity contribution is -0.138. The van der Waals surface area contributed by atoms with Gasteiger partial charge in [-0.2, -0.15) is 0 Å². The Morgan fingerprint density at radius 2 is 1.71 bits per heavy atom. The number of carbonyl (C=O) groups excluding carboxylic acids is 4. The number of anilines is 1. The highest BCUT2D eigenvalue weighted by atomic mass is 19.1. The highest BCUT2D eigenvalue weighted by Crippen LogP contribution is 2.50. The van der Waals surface area contributed by atoms with E-state index in [1.807, 2.05) is 7.05 Å². The number of amides is 4. The molecule has 3 fully saturated rings. The van der Waals surface area contributed by atoms with Gasteiger partial charge in [0.1, 0.15) is 24.2 Å². The van der Waals surface area contributed by atoms with Gasteiger partial charge < -0.3 is 26.2 Å². The van der Waals surface area contributed by atoms with Gasteiger partial charge in [-0.3, -0.25) is 23.6 Å². The maximum Gasteiger partial charge on any atom is 0.272 e. The van der Waals surface area contributed by atoms with Gasteiger partial charge in [-0.05, 0) is 80.3 Å². The fourth-order valence-electron chi connectivity index (χ4n) is 5.49. The molecule has 1 aromatic carbocycles. The Morgan fingerprint density at radius 3 is 2.20 bits per heavy atom.